The molecule has 2 aromatic rings. The molecule has 1 fully saturated rings. The van der Waals surface area contributed by atoms with Gasteiger partial charge >= 0.3 is 0 Å². The van der Waals surface area contributed by atoms with Gasteiger partial charge in [-0.2, -0.15) is 4.31 Å². The van der Waals surface area contributed by atoms with Gasteiger partial charge in [0.15, 0.2) is 0 Å². The number of furan rings is 1. The molecule has 24 heavy (non-hydrogen) atoms. The number of amides is 1. The molecule has 0 spiro atoms. The number of hydrogen-bond acceptors (Lipinski definition) is 4. The van der Waals surface area contributed by atoms with Crippen LogP contribution in [0.1, 0.15) is 18.6 Å². The van der Waals surface area contributed by atoms with Crippen LogP contribution in [0.4, 0.5) is 5.69 Å². The van der Waals surface area contributed by atoms with Gasteiger partial charge in [0.25, 0.3) is 0 Å². The van der Waals surface area contributed by atoms with Gasteiger partial charge in [-0.15, -0.1) is 0 Å². The Morgan fingerprint density at radius 1 is 1.12 bits per heavy atom. The third-order valence-corrected chi connectivity index (χ3v) is 5.68. The Morgan fingerprint density at radius 2 is 1.83 bits per heavy atom. The minimum atomic E-state index is -3.43. The highest BCUT2D eigenvalue weighted by Gasteiger charge is 2.26. The van der Waals surface area contributed by atoms with E-state index in [0.29, 0.717) is 24.5 Å². The summed E-state index contributed by atoms with van der Waals surface area (Å²) in [4.78, 5) is 12.1. The summed E-state index contributed by atoms with van der Waals surface area (Å²) in [6.45, 7) is 1.14. The van der Waals surface area contributed by atoms with E-state index in [0.717, 1.165) is 12.8 Å². The van der Waals surface area contributed by atoms with Crippen LogP contribution in [0.3, 0.4) is 0 Å². The Hall–Kier alpha value is -2.38. The minimum absolute atomic E-state index is 0.244. The first-order chi connectivity index (χ1) is 11.6. The molecule has 1 aliphatic rings. The summed E-state index contributed by atoms with van der Waals surface area (Å²) in [7, 11) is -3.43. The van der Waals surface area contributed by atoms with Crippen molar-refractivity contribution in [2.75, 3.05) is 18.4 Å². The Kier molecular flexibility index (Phi) is 4.82. The fourth-order valence-corrected chi connectivity index (χ4v) is 4.03. The van der Waals surface area contributed by atoms with Crippen LogP contribution in [-0.2, 0) is 14.8 Å². The monoisotopic (exact) mass is 346 g/mol. The number of rotatable bonds is 5. The lowest BCUT2D eigenvalue weighted by molar-refractivity contribution is -0.111. The number of nitrogens with zero attached hydrogens (tertiary/aromatic N) is 1. The second-order valence-electron chi connectivity index (χ2n) is 5.47. The fraction of sp³-hybridized carbons (Fsp3) is 0.235. The highest BCUT2D eigenvalue weighted by Crippen LogP contribution is 2.22. The molecule has 0 bridgehead atoms. The number of benzene rings is 1. The first-order valence-corrected chi connectivity index (χ1v) is 9.12. The molecule has 2 heterocycles. The topological polar surface area (TPSA) is 79.6 Å². The Balaban J connectivity index is 1.65. The van der Waals surface area contributed by atoms with Crippen molar-refractivity contribution in [3.8, 4) is 0 Å². The van der Waals surface area contributed by atoms with E-state index in [2.05, 4.69) is 5.32 Å². The average molecular weight is 346 g/mol. The van der Waals surface area contributed by atoms with Crippen molar-refractivity contribution >= 4 is 27.7 Å². The summed E-state index contributed by atoms with van der Waals surface area (Å²) in [5.41, 5.74) is 0.532. The van der Waals surface area contributed by atoms with Gasteiger partial charge in [-0.05, 0) is 55.3 Å². The van der Waals surface area contributed by atoms with Gasteiger partial charge in [0.05, 0.1) is 11.2 Å². The van der Waals surface area contributed by atoms with Crippen molar-refractivity contribution < 1.29 is 17.6 Å². The number of hydrogen-bond donors (Lipinski definition) is 1. The Labute approximate surface area is 140 Å². The molecule has 0 unspecified atom stereocenters. The smallest absolute Gasteiger partial charge is 0.248 e. The van der Waals surface area contributed by atoms with E-state index in [-0.39, 0.29) is 10.8 Å². The highest BCUT2D eigenvalue weighted by atomic mass is 32.2. The maximum atomic E-state index is 12.4. The van der Waals surface area contributed by atoms with Gasteiger partial charge in [-0.1, -0.05) is 0 Å². The number of carbonyl (C=O) groups is 1. The minimum Gasteiger partial charge on any atom is -0.465 e. The summed E-state index contributed by atoms with van der Waals surface area (Å²) >= 11 is 0. The molecular weight excluding hydrogens is 328 g/mol. The summed E-state index contributed by atoms with van der Waals surface area (Å²) in [5, 5.41) is 2.68. The number of carbonyl (C=O) groups excluding carboxylic acids is 1. The van der Waals surface area contributed by atoms with Crippen LogP contribution in [0.5, 0.6) is 0 Å². The largest absolute Gasteiger partial charge is 0.465 e. The summed E-state index contributed by atoms with van der Waals surface area (Å²) < 4.78 is 31.4. The summed E-state index contributed by atoms with van der Waals surface area (Å²) in [6.07, 6.45) is 6.23. The first-order valence-electron chi connectivity index (χ1n) is 7.68. The van der Waals surface area contributed by atoms with Crippen molar-refractivity contribution in [2.24, 2.45) is 0 Å². The van der Waals surface area contributed by atoms with Crippen LogP contribution in [-0.4, -0.2) is 31.7 Å². The molecule has 1 aromatic heterocycles. The quantitative estimate of drug-likeness (QED) is 0.844. The van der Waals surface area contributed by atoms with Gasteiger partial charge in [-0.3, -0.25) is 4.79 Å². The molecule has 0 atom stereocenters. The van der Waals surface area contributed by atoms with Crippen molar-refractivity contribution in [2.45, 2.75) is 17.7 Å². The highest BCUT2D eigenvalue weighted by molar-refractivity contribution is 7.89. The second-order valence-corrected chi connectivity index (χ2v) is 7.41. The van der Waals surface area contributed by atoms with E-state index < -0.39 is 10.0 Å². The van der Waals surface area contributed by atoms with Crippen LogP contribution in [0, 0.1) is 0 Å². The number of nitrogens with one attached hydrogen (secondary N) is 1. The van der Waals surface area contributed by atoms with E-state index >= 15 is 0 Å². The van der Waals surface area contributed by atoms with Gasteiger partial charge < -0.3 is 9.73 Å². The Bertz CT molecular complexity index is 818. The van der Waals surface area contributed by atoms with Crippen LogP contribution in [0.25, 0.3) is 6.08 Å². The molecule has 0 aliphatic carbocycles. The van der Waals surface area contributed by atoms with Gasteiger partial charge in [-0.25, -0.2) is 8.42 Å². The van der Waals surface area contributed by atoms with Gasteiger partial charge in [0, 0.05) is 24.9 Å². The molecule has 3 rings (SSSR count). The van der Waals surface area contributed by atoms with Gasteiger partial charge in [0.2, 0.25) is 15.9 Å². The second kappa shape index (κ2) is 7.02. The van der Waals surface area contributed by atoms with E-state index in [1.54, 1.807) is 30.3 Å². The predicted octanol–water partition coefficient (Wildman–Crippen LogP) is 2.72. The molecule has 0 saturated carbocycles. The van der Waals surface area contributed by atoms with Crippen LogP contribution >= 0.6 is 0 Å². The standard InChI is InChI=1S/C17H18N2O4S/c20-17(10-7-15-4-3-13-23-15)18-14-5-8-16(9-6-14)24(21,22)19-11-1-2-12-19/h3-10,13H,1-2,11-12H2,(H,18,20)/b10-7+. The van der Waals surface area contributed by atoms with Crippen LogP contribution < -0.4 is 5.32 Å². The van der Waals surface area contributed by atoms with Crippen LogP contribution in [0.2, 0.25) is 0 Å². The number of sulfonamides is 1. The van der Waals surface area contributed by atoms with E-state index in [9.17, 15) is 13.2 Å². The molecule has 1 saturated heterocycles. The zero-order chi connectivity index (χ0) is 17.0. The Morgan fingerprint density at radius 3 is 2.46 bits per heavy atom. The number of anilines is 1. The maximum absolute atomic E-state index is 12.4. The van der Waals surface area contributed by atoms with E-state index in [4.69, 9.17) is 4.42 Å². The van der Waals surface area contributed by atoms with E-state index in [1.165, 1.54) is 28.8 Å². The average Bonchev–Trinajstić information content (AvgIpc) is 3.27. The fourth-order valence-electron chi connectivity index (χ4n) is 2.52. The SMILES string of the molecule is O=C(/C=C/c1ccco1)Nc1ccc(S(=O)(=O)N2CCCC2)cc1. The summed E-state index contributed by atoms with van der Waals surface area (Å²) in [5.74, 6) is 0.263. The van der Waals surface area contributed by atoms with Crippen molar-refractivity contribution in [1.29, 1.82) is 0 Å². The first kappa shape index (κ1) is 16.5. The lowest BCUT2D eigenvalue weighted by atomic mass is 10.3. The normalized spacial score (nSPS) is 15.8. The lowest BCUT2D eigenvalue weighted by Crippen LogP contribution is -2.27. The molecule has 1 N–H and O–H groups in total. The summed E-state index contributed by atoms with van der Waals surface area (Å²) in [6, 6.07) is 9.67. The molecule has 1 aromatic carbocycles. The molecular formula is C17H18N2O4S. The molecule has 0 radical (unpaired) electrons. The third kappa shape index (κ3) is 3.74. The molecule has 6 nitrogen and oxygen atoms in total. The van der Waals surface area contributed by atoms with Crippen molar-refractivity contribution in [3.63, 3.8) is 0 Å². The lowest BCUT2D eigenvalue weighted by Gasteiger charge is -2.15. The van der Waals surface area contributed by atoms with Gasteiger partial charge in [0.1, 0.15) is 5.76 Å². The molecule has 1 aliphatic heterocycles. The third-order valence-electron chi connectivity index (χ3n) is 3.77. The zero-order valence-electron chi connectivity index (χ0n) is 13.0. The predicted molar refractivity (Wildman–Crippen MR) is 90.8 cm³/mol. The van der Waals surface area contributed by atoms with Crippen LogP contribution in [0.15, 0.2) is 58.1 Å². The molecule has 7 heteroatoms. The molecule has 1 amide bonds. The van der Waals surface area contributed by atoms with Crippen molar-refractivity contribution in [3.05, 3.63) is 54.5 Å². The molecule has 126 valence electrons. The maximum Gasteiger partial charge on any atom is 0.248 e. The zero-order valence-corrected chi connectivity index (χ0v) is 13.8. The van der Waals surface area contributed by atoms with Crippen molar-refractivity contribution in [1.82, 2.24) is 4.31 Å². The van der Waals surface area contributed by atoms with E-state index in [1.807, 2.05) is 0 Å².